The van der Waals surface area contributed by atoms with Crippen molar-refractivity contribution in [3.63, 3.8) is 0 Å². The molecule has 1 aliphatic rings. The molecule has 0 spiro atoms. The third-order valence-electron chi connectivity index (χ3n) is 4.51. The number of carbonyl (C=O) groups excluding carboxylic acids is 3. The van der Waals surface area contributed by atoms with Crippen molar-refractivity contribution in [2.45, 2.75) is 26.7 Å². The number of rotatable bonds is 5. The van der Waals surface area contributed by atoms with Crippen molar-refractivity contribution < 1.29 is 14.4 Å². The average Bonchev–Trinajstić information content (AvgIpc) is 2.91. The van der Waals surface area contributed by atoms with Gasteiger partial charge in [-0.15, -0.1) is 0 Å². The van der Waals surface area contributed by atoms with Crippen molar-refractivity contribution in [1.29, 1.82) is 0 Å². The Morgan fingerprint density at radius 2 is 1.71 bits per heavy atom. The van der Waals surface area contributed by atoms with Crippen molar-refractivity contribution in [3.05, 3.63) is 70.9 Å². The van der Waals surface area contributed by atoms with E-state index in [-0.39, 0.29) is 12.2 Å². The fourth-order valence-electron chi connectivity index (χ4n) is 2.84. The van der Waals surface area contributed by atoms with Gasteiger partial charge in [-0.3, -0.25) is 9.59 Å². The molecule has 6 nitrogen and oxygen atoms in total. The largest absolute Gasteiger partial charge is 0.329 e. The molecule has 2 aromatic carbocycles. The molecule has 0 atom stereocenters. The van der Waals surface area contributed by atoms with Crippen LogP contribution in [0.4, 0.5) is 10.5 Å². The van der Waals surface area contributed by atoms with Crippen LogP contribution in [0, 0.1) is 6.92 Å². The summed E-state index contributed by atoms with van der Waals surface area (Å²) in [6, 6.07) is 14.5. The van der Waals surface area contributed by atoms with E-state index in [1.165, 1.54) is 5.56 Å². The summed E-state index contributed by atoms with van der Waals surface area (Å²) in [6.45, 7) is 5.81. The second-order valence-corrected chi connectivity index (χ2v) is 7.12. The standard InChI is InChI=1S/C22H23N3O3/c1-14(2)17-8-6-16(7-9-17)12-19-21(27)25(22(28)24-19)13-20(26)23-18-10-4-15(3)5-11-18/h4-12,14H,13H2,1-3H3,(H,23,26)(H,24,28). The van der Waals surface area contributed by atoms with E-state index >= 15 is 0 Å². The monoisotopic (exact) mass is 377 g/mol. The van der Waals surface area contributed by atoms with Crippen LogP contribution in [0.25, 0.3) is 6.08 Å². The molecular weight excluding hydrogens is 354 g/mol. The first-order chi connectivity index (χ1) is 13.3. The highest BCUT2D eigenvalue weighted by molar-refractivity contribution is 6.15. The summed E-state index contributed by atoms with van der Waals surface area (Å²) in [5.41, 5.74) is 3.84. The van der Waals surface area contributed by atoms with Gasteiger partial charge in [0.25, 0.3) is 5.91 Å². The first-order valence-electron chi connectivity index (χ1n) is 9.14. The molecular formula is C22H23N3O3. The van der Waals surface area contributed by atoms with Crippen molar-refractivity contribution >= 4 is 29.6 Å². The van der Waals surface area contributed by atoms with Crippen LogP contribution in [0.1, 0.15) is 36.5 Å². The molecule has 0 aliphatic carbocycles. The molecule has 0 radical (unpaired) electrons. The summed E-state index contributed by atoms with van der Waals surface area (Å²) in [5, 5.41) is 5.22. The van der Waals surface area contributed by atoms with Crippen LogP contribution >= 0.6 is 0 Å². The maximum absolute atomic E-state index is 12.5. The van der Waals surface area contributed by atoms with Gasteiger partial charge in [-0.25, -0.2) is 9.69 Å². The molecule has 1 heterocycles. The van der Waals surface area contributed by atoms with Crippen molar-refractivity contribution in [1.82, 2.24) is 10.2 Å². The Morgan fingerprint density at radius 1 is 1.07 bits per heavy atom. The zero-order valence-corrected chi connectivity index (χ0v) is 16.2. The van der Waals surface area contributed by atoms with Crippen LogP contribution < -0.4 is 10.6 Å². The maximum atomic E-state index is 12.5. The van der Waals surface area contributed by atoms with Crippen LogP contribution in [-0.2, 0) is 9.59 Å². The van der Waals surface area contributed by atoms with E-state index in [9.17, 15) is 14.4 Å². The fourth-order valence-corrected chi connectivity index (χ4v) is 2.84. The zero-order valence-electron chi connectivity index (χ0n) is 16.2. The molecule has 6 heteroatoms. The summed E-state index contributed by atoms with van der Waals surface area (Å²) in [4.78, 5) is 37.8. The average molecular weight is 377 g/mol. The highest BCUT2D eigenvalue weighted by atomic mass is 16.2. The molecule has 1 fully saturated rings. The number of hydrogen-bond acceptors (Lipinski definition) is 3. The Kier molecular flexibility index (Phi) is 5.59. The number of anilines is 1. The molecule has 4 amide bonds. The lowest BCUT2D eigenvalue weighted by Crippen LogP contribution is -2.38. The second-order valence-electron chi connectivity index (χ2n) is 7.12. The first-order valence-corrected chi connectivity index (χ1v) is 9.14. The third kappa shape index (κ3) is 4.46. The van der Waals surface area contributed by atoms with Gasteiger partial charge in [0.15, 0.2) is 0 Å². The molecule has 1 saturated heterocycles. The number of hydrogen-bond donors (Lipinski definition) is 2. The Bertz CT molecular complexity index is 929. The zero-order chi connectivity index (χ0) is 20.3. The lowest BCUT2D eigenvalue weighted by Gasteiger charge is -2.12. The molecule has 2 aromatic rings. The lowest BCUT2D eigenvalue weighted by atomic mass is 10.0. The summed E-state index contributed by atoms with van der Waals surface area (Å²) in [7, 11) is 0. The Labute approximate surface area is 164 Å². The van der Waals surface area contributed by atoms with Gasteiger partial charge in [-0.05, 0) is 42.2 Å². The first kappa shape index (κ1) is 19.4. The smallest absolute Gasteiger partial charge is 0.325 e. The van der Waals surface area contributed by atoms with Gasteiger partial charge in [-0.1, -0.05) is 55.8 Å². The molecule has 1 aliphatic heterocycles. The number of carbonyl (C=O) groups is 3. The van der Waals surface area contributed by atoms with E-state index in [1.807, 2.05) is 43.3 Å². The summed E-state index contributed by atoms with van der Waals surface area (Å²) in [5.74, 6) is -0.538. The highest BCUT2D eigenvalue weighted by Gasteiger charge is 2.34. The molecule has 2 N–H and O–H groups in total. The summed E-state index contributed by atoms with van der Waals surface area (Å²) in [6.07, 6.45) is 1.61. The van der Waals surface area contributed by atoms with Crippen LogP contribution in [0.15, 0.2) is 54.2 Å². The SMILES string of the molecule is Cc1ccc(NC(=O)CN2C(=O)NC(=Cc3ccc(C(C)C)cc3)C2=O)cc1. The van der Waals surface area contributed by atoms with Gasteiger partial charge in [0.1, 0.15) is 12.2 Å². The fraction of sp³-hybridized carbons (Fsp3) is 0.227. The van der Waals surface area contributed by atoms with Gasteiger partial charge in [0.05, 0.1) is 0 Å². The van der Waals surface area contributed by atoms with E-state index in [4.69, 9.17) is 0 Å². The van der Waals surface area contributed by atoms with Crippen LogP contribution in [0.2, 0.25) is 0 Å². The van der Waals surface area contributed by atoms with Gasteiger partial charge in [-0.2, -0.15) is 0 Å². The number of nitrogens with zero attached hydrogens (tertiary/aromatic N) is 1. The van der Waals surface area contributed by atoms with Crippen molar-refractivity contribution in [3.8, 4) is 0 Å². The van der Waals surface area contributed by atoms with E-state index in [0.29, 0.717) is 11.6 Å². The molecule has 144 valence electrons. The molecule has 3 rings (SSSR count). The van der Waals surface area contributed by atoms with Gasteiger partial charge in [0, 0.05) is 5.69 Å². The molecule has 0 unspecified atom stereocenters. The topological polar surface area (TPSA) is 78.5 Å². The van der Waals surface area contributed by atoms with Crippen LogP contribution in [0.5, 0.6) is 0 Å². The summed E-state index contributed by atoms with van der Waals surface area (Å²) >= 11 is 0. The number of aryl methyl sites for hydroxylation is 1. The van der Waals surface area contributed by atoms with E-state index in [2.05, 4.69) is 24.5 Å². The Morgan fingerprint density at radius 3 is 2.32 bits per heavy atom. The molecule has 28 heavy (non-hydrogen) atoms. The summed E-state index contributed by atoms with van der Waals surface area (Å²) < 4.78 is 0. The number of imide groups is 1. The minimum absolute atomic E-state index is 0.158. The maximum Gasteiger partial charge on any atom is 0.329 e. The van der Waals surface area contributed by atoms with E-state index < -0.39 is 17.8 Å². The minimum atomic E-state index is -0.603. The number of urea groups is 1. The molecule has 0 saturated carbocycles. The number of benzene rings is 2. The number of nitrogens with one attached hydrogen (secondary N) is 2. The van der Waals surface area contributed by atoms with Crippen LogP contribution in [-0.4, -0.2) is 29.3 Å². The number of amides is 4. The lowest BCUT2D eigenvalue weighted by molar-refractivity contribution is -0.127. The Hall–Kier alpha value is -3.41. The van der Waals surface area contributed by atoms with Crippen molar-refractivity contribution in [2.24, 2.45) is 0 Å². The highest BCUT2D eigenvalue weighted by Crippen LogP contribution is 2.18. The van der Waals surface area contributed by atoms with E-state index in [0.717, 1.165) is 16.0 Å². The van der Waals surface area contributed by atoms with E-state index in [1.54, 1.807) is 18.2 Å². The normalized spacial score (nSPS) is 15.3. The van der Waals surface area contributed by atoms with Crippen LogP contribution in [0.3, 0.4) is 0 Å². The second kappa shape index (κ2) is 8.08. The minimum Gasteiger partial charge on any atom is -0.325 e. The predicted molar refractivity (Wildman–Crippen MR) is 109 cm³/mol. The third-order valence-corrected chi connectivity index (χ3v) is 4.51. The van der Waals surface area contributed by atoms with Gasteiger partial charge >= 0.3 is 6.03 Å². The predicted octanol–water partition coefficient (Wildman–Crippen LogP) is 3.65. The van der Waals surface area contributed by atoms with Gasteiger partial charge in [0.2, 0.25) is 5.91 Å². The van der Waals surface area contributed by atoms with Gasteiger partial charge < -0.3 is 10.6 Å². The molecule has 0 aromatic heterocycles. The van der Waals surface area contributed by atoms with Crippen molar-refractivity contribution in [2.75, 3.05) is 11.9 Å². The Balaban J connectivity index is 1.67. The quantitative estimate of drug-likeness (QED) is 0.617. The molecule has 0 bridgehead atoms.